The number of furan rings is 1. The Kier molecular flexibility index (Phi) is 6.35. The summed E-state index contributed by atoms with van der Waals surface area (Å²) in [4.78, 5) is 38.0. The van der Waals surface area contributed by atoms with Gasteiger partial charge in [-0.1, -0.05) is 0 Å². The van der Waals surface area contributed by atoms with E-state index in [0.29, 0.717) is 28.5 Å². The molecule has 0 unspecified atom stereocenters. The van der Waals surface area contributed by atoms with Gasteiger partial charge in [-0.2, -0.15) is 0 Å². The van der Waals surface area contributed by atoms with Gasteiger partial charge in [0.1, 0.15) is 4.88 Å². The van der Waals surface area contributed by atoms with E-state index in [1.165, 1.54) is 6.26 Å². The van der Waals surface area contributed by atoms with Gasteiger partial charge in [-0.15, -0.1) is 11.3 Å². The summed E-state index contributed by atoms with van der Waals surface area (Å²) in [5, 5.41) is 3.17. The Balaban J connectivity index is 1.98. The molecule has 2 amide bonds. The summed E-state index contributed by atoms with van der Waals surface area (Å²) in [7, 11) is 0. The van der Waals surface area contributed by atoms with Crippen LogP contribution in [0.3, 0.4) is 0 Å². The number of rotatable bonds is 7. The molecule has 0 fully saturated rings. The SMILES string of the molecule is CCN(CC)C(=O)COC(=O)c1sc(NC(=O)c2ccco2)cc1C. The molecule has 0 atom stereocenters. The van der Waals surface area contributed by atoms with Crippen molar-refractivity contribution in [2.75, 3.05) is 25.0 Å². The summed E-state index contributed by atoms with van der Waals surface area (Å²) < 4.78 is 10.1. The first-order valence-corrected chi connectivity index (χ1v) is 8.68. The summed E-state index contributed by atoms with van der Waals surface area (Å²) in [5.74, 6) is -1.04. The smallest absolute Gasteiger partial charge is 0.349 e. The number of esters is 1. The molecule has 0 aliphatic heterocycles. The highest BCUT2D eigenvalue weighted by Crippen LogP contribution is 2.27. The molecule has 0 aliphatic carbocycles. The minimum Gasteiger partial charge on any atom is -0.459 e. The van der Waals surface area contributed by atoms with Gasteiger partial charge in [-0.3, -0.25) is 9.59 Å². The lowest BCUT2D eigenvalue weighted by atomic mass is 10.3. The van der Waals surface area contributed by atoms with Crippen LogP contribution in [0.5, 0.6) is 0 Å². The monoisotopic (exact) mass is 364 g/mol. The van der Waals surface area contributed by atoms with E-state index in [9.17, 15) is 14.4 Å². The first-order chi connectivity index (χ1) is 12.0. The van der Waals surface area contributed by atoms with Crippen LogP contribution in [-0.4, -0.2) is 42.4 Å². The second-order valence-corrected chi connectivity index (χ2v) is 6.25. The van der Waals surface area contributed by atoms with Crippen LogP contribution in [0.4, 0.5) is 5.00 Å². The number of hydrogen-bond donors (Lipinski definition) is 1. The summed E-state index contributed by atoms with van der Waals surface area (Å²) in [6, 6.07) is 4.84. The van der Waals surface area contributed by atoms with Crippen LogP contribution in [0.15, 0.2) is 28.9 Å². The number of aryl methyl sites for hydroxylation is 1. The van der Waals surface area contributed by atoms with Crippen LogP contribution < -0.4 is 5.32 Å². The van der Waals surface area contributed by atoms with Crippen LogP contribution in [0, 0.1) is 6.92 Å². The van der Waals surface area contributed by atoms with Gasteiger partial charge in [0.2, 0.25) is 0 Å². The number of carbonyl (C=O) groups excluding carboxylic acids is 3. The Morgan fingerprint density at radius 2 is 2.00 bits per heavy atom. The van der Waals surface area contributed by atoms with E-state index >= 15 is 0 Å². The van der Waals surface area contributed by atoms with Crippen molar-refractivity contribution >= 4 is 34.1 Å². The van der Waals surface area contributed by atoms with E-state index in [-0.39, 0.29) is 18.3 Å². The zero-order valence-corrected chi connectivity index (χ0v) is 15.1. The normalized spacial score (nSPS) is 10.4. The number of amides is 2. The molecule has 1 N–H and O–H groups in total. The number of ether oxygens (including phenoxy) is 1. The van der Waals surface area contributed by atoms with E-state index < -0.39 is 11.9 Å². The largest absolute Gasteiger partial charge is 0.459 e. The number of likely N-dealkylation sites (N-methyl/N-ethyl adjacent to an activating group) is 1. The number of anilines is 1. The van der Waals surface area contributed by atoms with Crippen molar-refractivity contribution in [1.29, 1.82) is 0 Å². The molecule has 2 aromatic heterocycles. The van der Waals surface area contributed by atoms with Gasteiger partial charge < -0.3 is 19.4 Å². The lowest BCUT2D eigenvalue weighted by molar-refractivity contribution is -0.134. The first kappa shape index (κ1) is 18.7. The second kappa shape index (κ2) is 8.48. The third kappa shape index (κ3) is 4.69. The van der Waals surface area contributed by atoms with Crippen molar-refractivity contribution < 1.29 is 23.5 Å². The minimum atomic E-state index is -0.582. The maximum atomic E-state index is 12.2. The van der Waals surface area contributed by atoms with Crippen molar-refractivity contribution in [2.24, 2.45) is 0 Å². The Morgan fingerprint density at radius 3 is 2.60 bits per heavy atom. The molecule has 8 heteroatoms. The molecule has 7 nitrogen and oxygen atoms in total. The van der Waals surface area contributed by atoms with Crippen LogP contribution in [0.1, 0.15) is 39.6 Å². The molecule has 2 heterocycles. The minimum absolute atomic E-state index is 0.181. The number of carbonyl (C=O) groups is 3. The van der Waals surface area contributed by atoms with E-state index in [1.807, 2.05) is 13.8 Å². The molecular weight excluding hydrogens is 344 g/mol. The Morgan fingerprint density at radius 1 is 1.28 bits per heavy atom. The van der Waals surface area contributed by atoms with E-state index in [1.54, 1.807) is 30.0 Å². The highest BCUT2D eigenvalue weighted by molar-refractivity contribution is 7.18. The van der Waals surface area contributed by atoms with Gasteiger partial charge in [0.25, 0.3) is 11.8 Å². The van der Waals surface area contributed by atoms with Crippen LogP contribution in [-0.2, 0) is 9.53 Å². The topological polar surface area (TPSA) is 88.9 Å². The molecule has 2 aromatic rings. The molecule has 0 saturated heterocycles. The number of nitrogens with zero attached hydrogens (tertiary/aromatic N) is 1. The highest BCUT2D eigenvalue weighted by atomic mass is 32.1. The standard InChI is InChI=1S/C17H20N2O5S/c1-4-19(5-2)14(20)10-24-17(22)15-11(3)9-13(25-15)18-16(21)12-7-6-8-23-12/h6-9H,4-5,10H2,1-3H3,(H,18,21). The zero-order valence-electron chi connectivity index (χ0n) is 14.3. The molecule has 0 spiro atoms. The predicted octanol–water partition coefficient (Wildman–Crippen LogP) is 2.93. The van der Waals surface area contributed by atoms with Gasteiger partial charge in [0, 0.05) is 13.1 Å². The van der Waals surface area contributed by atoms with E-state index in [2.05, 4.69) is 5.32 Å². The van der Waals surface area contributed by atoms with Crippen molar-refractivity contribution in [1.82, 2.24) is 4.90 Å². The summed E-state index contributed by atoms with van der Waals surface area (Å²) >= 11 is 1.09. The van der Waals surface area contributed by atoms with Crippen molar-refractivity contribution in [3.8, 4) is 0 Å². The zero-order chi connectivity index (χ0) is 18.4. The van der Waals surface area contributed by atoms with Crippen LogP contribution in [0.25, 0.3) is 0 Å². The third-order valence-corrected chi connectivity index (χ3v) is 4.66. The average Bonchev–Trinajstić information content (AvgIpc) is 3.23. The van der Waals surface area contributed by atoms with Crippen LogP contribution in [0.2, 0.25) is 0 Å². The molecular formula is C17H20N2O5S. The van der Waals surface area contributed by atoms with Crippen molar-refractivity contribution in [2.45, 2.75) is 20.8 Å². The molecule has 0 bridgehead atoms. The van der Waals surface area contributed by atoms with Crippen molar-refractivity contribution in [3.05, 3.63) is 40.7 Å². The second-order valence-electron chi connectivity index (χ2n) is 5.20. The molecule has 0 saturated carbocycles. The Bertz CT molecular complexity index is 747. The molecule has 2 rings (SSSR count). The fourth-order valence-electron chi connectivity index (χ4n) is 2.19. The van der Waals surface area contributed by atoms with E-state index in [0.717, 1.165) is 11.3 Å². The average molecular weight is 364 g/mol. The Hall–Kier alpha value is -2.61. The number of hydrogen-bond acceptors (Lipinski definition) is 6. The van der Waals surface area contributed by atoms with Gasteiger partial charge >= 0.3 is 5.97 Å². The summed E-state index contributed by atoms with van der Waals surface area (Å²) in [6.07, 6.45) is 1.41. The van der Waals surface area contributed by atoms with Gasteiger partial charge in [-0.25, -0.2) is 4.79 Å². The summed E-state index contributed by atoms with van der Waals surface area (Å²) in [5.41, 5.74) is 0.667. The fourth-order valence-corrected chi connectivity index (χ4v) is 3.15. The Labute approximate surface area is 149 Å². The van der Waals surface area contributed by atoms with Crippen LogP contribution >= 0.6 is 11.3 Å². The highest BCUT2D eigenvalue weighted by Gasteiger charge is 2.19. The van der Waals surface area contributed by atoms with Gasteiger partial charge in [0.05, 0.1) is 11.3 Å². The van der Waals surface area contributed by atoms with Gasteiger partial charge in [-0.05, 0) is 44.5 Å². The fraction of sp³-hybridized carbons (Fsp3) is 0.353. The van der Waals surface area contributed by atoms with Crippen molar-refractivity contribution in [3.63, 3.8) is 0 Å². The third-order valence-electron chi connectivity index (χ3n) is 3.53. The maximum Gasteiger partial charge on any atom is 0.349 e. The first-order valence-electron chi connectivity index (χ1n) is 7.86. The van der Waals surface area contributed by atoms with Gasteiger partial charge in [0.15, 0.2) is 12.4 Å². The number of thiophene rings is 1. The molecule has 0 radical (unpaired) electrons. The lowest BCUT2D eigenvalue weighted by Gasteiger charge is -2.18. The predicted molar refractivity (Wildman–Crippen MR) is 93.9 cm³/mol. The molecule has 25 heavy (non-hydrogen) atoms. The maximum absolute atomic E-state index is 12.2. The number of nitrogens with one attached hydrogen (secondary N) is 1. The van der Waals surface area contributed by atoms with E-state index in [4.69, 9.17) is 9.15 Å². The lowest BCUT2D eigenvalue weighted by Crippen LogP contribution is -2.34. The molecule has 0 aliphatic rings. The molecule has 0 aromatic carbocycles. The molecule has 134 valence electrons. The summed E-state index contributed by atoms with van der Waals surface area (Å²) in [6.45, 7) is 6.29. The quantitative estimate of drug-likeness (QED) is 0.763.